The molecular weight excluding hydrogens is 200 g/mol. The lowest BCUT2D eigenvalue weighted by Gasteiger charge is -2.20. The predicted octanol–water partition coefficient (Wildman–Crippen LogP) is 1.29. The lowest BCUT2D eigenvalue weighted by Crippen LogP contribution is -2.39. The van der Waals surface area contributed by atoms with E-state index in [9.17, 15) is 4.79 Å². The number of nitrogens with one attached hydrogen (secondary N) is 2. The minimum absolute atomic E-state index is 0.255. The first kappa shape index (κ1) is 10.6. The fraction of sp³-hybridized carbons (Fsp3) is 0.923. The Morgan fingerprint density at radius 2 is 2.19 bits per heavy atom. The van der Waals surface area contributed by atoms with Gasteiger partial charge in [-0.15, -0.1) is 0 Å². The van der Waals surface area contributed by atoms with Crippen LogP contribution in [0.3, 0.4) is 0 Å². The summed E-state index contributed by atoms with van der Waals surface area (Å²) in [5.41, 5.74) is 0. The zero-order valence-corrected chi connectivity index (χ0v) is 10.0. The first-order valence-corrected chi connectivity index (χ1v) is 6.78. The molecule has 0 aromatic carbocycles. The molecule has 0 spiro atoms. The van der Waals surface area contributed by atoms with Crippen LogP contribution in [0.1, 0.15) is 39.0 Å². The van der Waals surface area contributed by atoms with Crippen LogP contribution in [0.2, 0.25) is 0 Å². The molecule has 3 nitrogen and oxygen atoms in total. The van der Waals surface area contributed by atoms with E-state index in [4.69, 9.17) is 0 Å². The zero-order valence-electron chi connectivity index (χ0n) is 10.0. The lowest BCUT2D eigenvalue weighted by atomic mass is 9.88. The molecule has 2 saturated heterocycles. The summed E-state index contributed by atoms with van der Waals surface area (Å²) in [6.45, 7) is 3.15. The molecule has 0 aromatic heterocycles. The molecule has 3 aliphatic rings. The molecule has 4 unspecified atom stereocenters. The quantitative estimate of drug-likeness (QED) is 0.752. The van der Waals surface area contributed by atoms with Crippen molar-refractivity contribution < 1.29 is 4.79 Å². The fourth-order valence-corrected chi connectivity index (χ4v) is 3.34. The first-order chi connectivity index (χ1) is 7.74. The summed E-state index contributed by atoms with van der Waals surface area (Å²) in [6.07, 6.45) is 6.27. The SMILES string of the molecule is CC(CNC(=O)C1CC2CCC1N2)C1CC1. The summed E-state index contributed by atoms with van der Waals surface area (Å²) in [5.74, 6) is 2.12. The largest absolute Gasteiger partial charge is 0.356 e. The molecule has 1 saturated carbocycles. The van der Waals surface area contributed by atoms with Crippen LogP contribution in [0.5, 0.6) is 0 Å². The maximum Gasteiger partial charge on any atom is 0.224 e. The number of amides is 1. The van der Waals surface area contributed by atoms with E-state index >= 15 is 0 Å². The highest BCUT2D eigenvalue weighted by Crippen LogP contribution is 2.36. The van der Waals surface area contributed by atoms with Gasteiger partial charge in [-0.2, -0.15) is 0 Å². The van der Waals surface area contributed by atoms with Gasteiger partial charge in [0.05, 0.1) is 5.92 Å². The van der Waals surface area contributed by atoms with Crippen molar-refractivity contribution >= 4 is 5.91 Å². The average molecular weight is 222 g/mol. The normalized spacial score (nSPS) is 38.7. The molecule has 16 heavy (non-hydrogen) atoms. The molecule has 3 heteroatoms. The highest BCUT2D eigenvalue weighted by molar-refractivity contribution is 5.80. The van der Waals surface area contributed by atoms with Gasteiger partial charge in [0.15, 0.2) is 0 Å². The molecule has 2 heterocycles. The second-order valence-electron chi connectivity index (χ2n) is 5.95. The predicted molar refractivity (Wildman–Crippen MR) is 63.0 cm³/mol. The molecule has 1 aliphatic carbocycles. The number of hydrogen-bond donors (Lipinski definition) is 2. The molecule has 2 bridgehead atoms. The van der Waals surface area contributed by atoms with Crippen molar-refractivity contribution in [3.8, 4) is 0 Å². The Morgan fingerprint density at radius 1 is 1.38 bits per heavy atom. The van der Waals surface area contributed by atoms with E-state index in [0.717, 1.165) is 18.9 Å². The Balaban J connectivity index is 1.46. The molecule has 1 amide bonds. The van der Waals surface area contributed by atoms with Crippen molar-refractivity contribution in [2.45, 2.75) is 51.1 Å². The van der Waals surface area contributed by atoms with Crippen LogP contribution < -0.4 is 10.6 Å². The summed E-state index contributed by atoms with van der Waals surface area (Å²) in [4.78, 5) is 12.0. The third kappa shape index (κ3) is 1.97. The smallest absolute Gasteiger partial charge is 0.224 e. The second kappa shape index (κ2) is 4.02. The van der Waals surface area contributed by atoms with Crippen LogP contribution >= 0.6 is 0 Å². The third-order valence-corrected chi connectivity index (χ3v) is 4.66. The van der Waals surface area contributed by atoms with Gasteiger partial charge in [-0.1, -0.05) is 6.92 Å². The van der Waals surface area contributed by atoms with E-state index < -0.39 is 0 Å². The van der Waals surface area contributed by atoms with Gasteiger partial charge in [0.25, 0.3) is 0 Å². The Labute approximate surface area is 97.4 Å². The van der Waals surface area contributed by atoms with Gasteiger partial charge in [0.2, 0.25) is 5.91 Å². The Kier molecular flexibility index (Phi) is 2.66. The van der Waals surface area contributed by atoms with Gasteiger partial charge >= 0.3 is 0 Å². The van der Waals surface area contributed by atoms with E-state index in [-0.39, 0.29) is 5.92 Å². The summed E-state index contributed by atoms with van der Waals surface area (Å²) in [5, 5.41) is 6.67. The maximum atomic E-state index is 12.0. The van der Waals surface area contributed by atoms with Gasteiger partial charge in [0.1, 0.15) is 0 Å². The van der Waals surface area contributed by atoms with Crippen LogP contribution in [0.4, 0.5) is 0 Å². The van der Waals surface area contributed by atoms with Gasteiger partial charge < -0.3 is 10.6 Å². The van der Waals surface area contributed by atoms with E-state index in [1.807, 2.05) is 0 Å². The number of hydrogen-bond acceptors (Lipinski definition) is 2. The van der Waals surface area contributed by atoms with Crippen LogP contribution in [0, 0.1) is 17.8 Å². The highest BCUT2D eigenvalue weighted by atomic mass is 16.1. The third-order valence-electron chi connectivity index (χ3n) is 4.66. The molecule has 90 valence electrons. The van der Waals surface area contributed by atoms with Crippen molar-refractivity contribution in [3.63, 3.8) is 0 Å². The Morgan fingerprint density at radius 3 is 2.75 bits per heavy atom. The maximum absolute atomic E-state index is 12.0. The molecular formula is C13H22N2O. The zero-order chi connectivity index (χ0) is 11.1. The molecule has 4 atom stereocenters. The van der Waals surface area contributed by atoms with E-state index in [0.29, 0.717) is 23.9 Å². The molecule has 3 fully saturated rings. The summed E-state index contributed by atoms with van der Waals surface area (Å²) < 4.78 is 0. The minimum Gasteiger partial charge on any atom is -0.356 e. The van der Waals surface area contributed by atoms with E-state index in [1.54, 1.807) is 0 Å². The van der Waals surface area contributed by atoms with Crippen LogP contribution in [-0.2, 0) is 4.79 Å². The minimum atomic E-state index is 0.255. The Bertz CT molecular complexity index is 288. The highest BCUT2D eigenvalue weighted by Gasteiger charge is 2.42. The van der Waals surface area contributed by atoms with Crippen LogP contribution in [0.25, 0.3) is 0 Å². The Hall–Kier alpha value is -0.570. The molecule has 0 radical (unpaired) electrons. The topological polar surface area (TPSA) is 41.1 Å². The number of carbonyl (C=O) groups is 1. The van der Waals surface area contributed by atoms with Crippen molar-refractivity contribution in [1.82, 2.24) is 10.6 Å². The fourth-order valence-electron chi connectivity index (χ4n) is 3.34. The average Bonchev–Trinajstić information content (AvgIpc) is 2.94. The summed E-state index contributed by atoms with van der Waals surface area (Å²) in [6, 6.07) is 1.10. The molecule has 2 N–H and O–H groups in total. The summed E-state index contributed by atoms with van der Waals surface area (Å²) >= 11 is 0. The van der Waals surface area contributed by atoms with Crippen molar-refractivity contribution in [2.24, 2.45) is 17.8 Å². The lowest BCUT2D eigenvalue weighted by molar-refractivity contribution is -0.125. The number of rotatable bonds is 4. The first-order valence-electron chi connectivity index (χ1n) is 6.78. The van der Waals surface area contributed by atoms with Crippen LogP contribution in [0.15, 0.2) is 0 Å². The van der Waals surface area contributed by atoms with Crippen molar-refractivity contribution in [1.29, 1.82) is 0 Å². The standard InChI is InChI=1S/C13H22N2O/c1-8(9-2-3-9)7-14-13(16)11-6-10-4-5-12(11)15-10/h8-12,15H,2-7H2,1H3,(H,14,16). The molecule has 0 aromatic rings. The van der Waals surface area contributed by atoms with E-state index in [2.05, 4.69) is 17.6 Å². The second-order valence-corrected chi connectivity index (χ2v) is 5.95. The van der Waals surface area contributed by atoms with Crippen molar-refractivity contribution in [2.75, 3.05) is 6.54 Å². The van der Waals surface area contributed by atoms with Gasteiger partial charge in [-0.3, -0.25) is 4.79 Å². The van der Waals surface area contributed by atoms with Crippen LogP contribution in [-0.4, -0.2) is 24.5 Å². The molecule has 3 rings (SSSR count). The summed E-state index contributed by atoms with van der Waals surface area (Å²) in [7, 11) is 0. The number of fused-ring (bicyclic) bond motifs is 2. The van der Waals surface area contributed by atoms with E-state index in [1.165, 1.54) is 25.7 Å². The molecule has 2 aliphatic heterocycles. The van der Waals surface area contributed by atoms with Gasteiger partial charge in [0, 0.05) is 18.6 Å². The number of carbonyl (C=O) groups excluding carboxylic acids is 1. The van der Waals surface area contributed by atoms with Gasteiger partial charge in [-0.05, 0) is 43.9 Å². The van der Waals surface area contributed by atoms with Gasteiger partial charge in [-0.25, -0.2) is 0 Å². The monoisotopic (exact) mass is 222 g/mol. The van der Waals surface area contributed by atoms with Crippen molar-refractivity contribution in [3.05, 3.63) is 0 Å².